The predicted molar refractivity (Wildman–Crippen MR) is 81.4 cm³/mol. The minimum absolute atomic E-state index is 0.150. The standard InChI is InChI=1S/C14H25N3O3S/c1-3-5-17-10-14(7-13(17)11-18)21(19,20)15-8-12-4-6-16(2)9-12/h7,10,12,15,18H,3-6,8-9,11H2,1-2H3. The van der Waals surface area contributed by atoms with Gasteiger partial charge in [-0.1, -0.05) is 6.92 Å². The Hall–Kier alpha value is -0.890. The molecule has 1 fully saturated rings. The van der Waals surface area contributed by atoms with Crippen LogP contribution >= 0.6 is 0 Å². The Bertz CT molecular complexity index is 568. The summed E-state index contributed by atoms with van der Waals surface area (Å²) in [7, 11) is -1.45. The third-order valence-electron chi connectivity index (χ3n) is 3.95. The SMILES string of the molecule is CCCn1cc(S(=O)(=O)NCC2CCN(C)C2)cc1CO. The second-order valence-electron chi connectivity index (χ2n) is 5.79. The Balaban J connectivity index is 2.04. The van der Waals surface area contributed by atoms with Gasteiger partial charge >= 0.3 is 0 Å². The average Bonchev–Trinajstić information content (AvgIpc) is 3.04. The first-order valence-electron chi connectivity index (χ1n) is 7.44. The number of hydrogen-bond donors (Lipinski definition) is 2. The summed E-state index contributed by atoms with van der Waals surface area (Å²) in [6.07, 6.45) is 3.53. The van der Waals surface area contributed by atoms with Crippen LogP contribution in [0.2, 0.25) is 0 Å². The van der Waals surface area contributed by atoms with E-state index in [2.05, 4.69) is 9.62 Å². The van der Waals surface area contributed by atoms with E-state index in [4.69, 9.17) is 0 Å². The Kier molecular flexibility index (Phi) is 5.43. The molecule has 1 aromatic heterocycles. The lowest BCUT2D eigenvalue weighted by molar-refractivity contribution is 0.270. The highest BCUT2D eigenvalue weighted by atomic mass is 32.2. The van der Waals surface area contributed by atoms with Crippen molar-refractivity contribution in [2.45, 2.75) is 37.8 Å². The minimum Gasteiger partial charge on any atom is -0.390 e. The number of aromatic nitrogens is 1. The second kappa shape index (κ2) is 6.91. The quantitative estimate of drug-likeness (QED) is 0.773. The van der Waals surface area contributed by atoms with E-state index in [-0.39, 0.29) is 11.5 Å². The molecule has 2 N–H and O–H groups in total. The van der Waals surface area contributed by atoms with Crippen LogP contribution < -0.4 is 4.72 Å². The molecular formula is C14H25N3O3S. The Morgan fingerprint density at radius 3 is 2.81 bits per heavy atom. The number of aryl methyl sites for hydroxylation is 1. The van der Waals surface area contributed by atoms with Crippen LogP contribution in [0, 0.1) is 5.92 Å². The molecule has 7 heteroatoms. The molecule has 1 saturated heterocycles. The van der Waals surface area contributed by atoms with Crippen molar-refractivity contribution in [1.82, 2.24) is 14.2 Å². The predicted octanol–water partition coefficient (Wildman–Crippen LogP) is 0.620. The van der Waals surface area contributed by atoms with Gasteiger partial charge in [0, 0.05) is 31.5 Å². The molecule has 2 rings (SSSR count). The maximum absolute atomic E-state index is 12.3. The van der Waals surface area contributed by atoms with E-state index in [1.807, 2.05) is 14.0 Å². The van der Waals surface area contributed by atoms with Gasteiger partial charge in [-0.05, 0) is 38.4 Å². The first kappa shape index (κ1) is 16.5. The summed E-state index contributed by atoms with van der Waals surface area (Å²) < 4.78 is 29.2. The highest BCUT2D eigenvalue weighted by Crippen LogP contribution is 2.17. The molecule has 6 nitrogen and oxygen atoms in total. The fourth-order valence-electron chi connectivity index (χ4n) is 2.76. The van der Waals surface area contributed by atoms with Gasteiger partial charge in [0.05, 0.1) is 11.5 Å². The van der Waals surface area contributed by atoms with Gasteiger partial charge in [-0.3, -0.25) is 0 Å². The van der Waals surface area contributed by atoms with Crippen molar-refractivity contribution in [2.75, 3.05) is 26.7 Å². The molecule has 1 unspecified atom stereocenters. The maximum Gasteiger partial charge on any atom is 0.242 e. The van der Waals surface area contributed by atoms with Gasteiger partial charge in [-0.2, -0.15) is 0 Å². The van der Waals surface area contributed by atoms with E-state index in [1.165, 1.54) is 0 Å². The molecule has 2 heterocycles. The number of rotatable bonds is 7. The number of likely N-dealkylation sites (tertiary alicyclic amines) is 1. The molecule has 0 aliphatic carbocycles. The molecule has 1 aliphatic heterocycles. The summed E-state index contributed by atoms with van der Waals surface area (Å²) in [6.45, 7) is 5.00. The number of nitrogens with one attached hydrogen (secondary N) is 1. The van der Waals surface area contributed by atoms with Crippen molar-refractivity contribution in [3.8, 4) is 0 Å². The van der Waals surface area contributed by atoms with E-state index in [9.17, 15) is 13.5 Å². The molecule has 21 heavy (non-hydrogen) atoms. The lowest BCUT2D eigenvalue weighted by Gasteiger charge is -2.11. The van der Waals surface area contributed by atoms with Crippen molar-refractivity contribution in [2.24, 2.45) is 5.92 Å². The van der Waals surface area contributed by atoms with Gasteiger partial charge in [0.2, 0.25) is 10.0 Å². The smallest absolute Gasteiger partial charge is 0.242 e. The monoisotopic (exact) mass is 315 g/mol. The lowest BCUT2D eigenvalue weighted by atomic mass is 10.1. The van der Waals surface area contributed by atoms with Crippen molar-refractivity contribution >= 4 is 10.0 Å². The van der Waals surface area contributed by atoms with Crippen LogP contribution in [0.5, 0.6) is 0 Å². The van der Waals surface area contributed by atoms with Crippen molar-refractivity contribution in [3.63, 3.8) is 0 Å². The fraction of sp³-hybridized carbons (Fsp3) is 0.714. The topological polar surface area (TPSA) is 74.6 Å². The highest BCUT2D eigenvalue weighted by Gasteiger charge is 2.23. The molecule has 0 amide bonds. The first-order chi connectivity index (χ1) is 9.96. The summed E-state index contributed by atoms with van der Waals surface area (Å²) in [5, 5.41) is 9.31. The molecule has 1 atom stereocenters. The van der Waals surface area contributed by atoms with Gasteiger partial charge in [-0.25, -0.2) is 13.1 Å². The van der Waals surface area contributed by atoms with Gasteiger partial charge in [0.1, 0.15) is 0 Å². The third kappa shape index (κ3) is 4.06. The number of nitrogens with zero attached hydrogens (tertiary/aromatic N) is 2. The zero-order valence-electron chi connectivity index (χ0n) is 12.7. The molecule has 0 spiro atoms. The van der Waals surface area contributed by atoms with Crippen LogP contribution in [0.1, 0.15) is 25.5 Å². The number of aliphatic hydroxyl groups is 1. The van der Waals surface area contributed by atoms with E-state index in [0.717, 1.165) is 25.9 Å². The van der Waals surface area contributed by atoms with Crippen LogP contribution in [-0.2, 0) is 23.2 Å². The molecule has 0 radical (unpaired) electrons. The van der Waals surface area contributed by atoms with Crippen LogP contribution in [0.15, 0.2) is 17.2 Å². The third-order valence-corrected chi connectivity index (χ3v) is 5.34. The number of sulfonamides is 1. The molecule has 0 aromatic carbocycles. The zero-order chi connectivity index (χ0) is 15.5. The molecule has 1 aromatic rings. The number of hydrogen-bond acceptors (Lipinski definition) is 4. The molecule has 0 bridgehead atoms. The largest absolute Gasteiger partial charge is 0.390 e. The Morgan fingerprint density at radius 2 is 2.24 bits per heavy atom. The summed E-state index contributed by atoms with van der Waals surface area (Å²) in [6, 6.07) is 1.55. The maximum atomic E-state index is 12.3. The van der Waals surface area contributed by atoms with E-state index in [1.54, 1.807) is 16.8 Å². The van der Waals surface area contributed by atoms with Gasteiger partial charge in [0.25, 0.3) is 0 Å². The van der Waals surface area contributed by atoms with E-state index >= 15 is 0 Å². The second-order valence-corrected chi connectivity index (χ2v) is 7.55. The van der Waals surface area contributed by atoms with Crippen LogP contribution in [0.25, 0.3) is 0 Å². The van der Waals surface area contributed by atoms with Gasteiger partial charge < -0.3 is 14.6 Å². The molecule has 1 aliphatic rings. The van der Waals surface area contributed by atoms with E-state index in [0.29, 0.717) is 24.7 Å². The van der Waals surface area contributed by atoms with E-state index < -0.39 is 10.0 Å². The van der Waals surface area contributed by atoms with Crippen LogP contribution in [0.4, 0.5) is 0 Å². The summed E-state index contributed by atoms with van der Waals surface area (Å²) in [5.41, 5.74) is 0.637. The Labute approximate surface area is 126 Å². The summed E-state index contributed by atoms with van der Waals surface area (Å²) >= 11 is 0. The highest BCUT2D eigenvalue weighted by molar-refractivity contribution is 7.89. The summed E-state index contributed by atoms with van der Waals surface area (Å²) in [5.74, 6) is 0.375. The Morgan fingerprint density at radius 1 is 1.48 bits per heavy atom. The summed E-state index contributed by atoms with van der Waals surface area (Å²) in [4.78, 5) is 2.45. The molecule has 120 valence electrons. The normalized spacial score (nSPS) is 20.2. The average molecular weight is 315 g/mol. The molecular weight excluding hydrogens is 290 g/mol. The zero-order valence-corrected chi connectivity index (χ0v) is 13.6. The lowest BCUT2D eigenvalue weighted by Crippen LogP contribution is -2.30. The van der Waals surface area contributed by atoms with Crippen molar-refractivity contribution < 1.29 is 13.5 Å². The minimum atomic E-state index is -3.50. The van der Waals surface area contributed by atoms with Gasteiger partial charge in [-0.15, -0.1) is 0 Å². The fourth-order valence-corrected chi connectivity index (χ4v) is 3.94. The van der Waals surface area contributed by atoms with Crippen LogP contribution in [-0.4, -0.2) is 49.7 Å². The number of aliphatic hydroxyl groups excluding tert-OH is 1. The van der Waals surface area contributed by atoms with Crippen molar-refractivity contribution in [3.05, 3.63) is 18.0 Å². The van der Waals surface area contributed by atoms with Crippen molar-refractivity contribution in [1.29, 1.82) is 0 Å². The van der Waals surface area contributed by atoms with Gasteiger partial charge in [0.15, 0.2) is 0 Å². The van der Waals surface area contributed by atoms with Crippen LogP contribution in [0.3, 0.4) is 0 Å². The molecule has 0 saturated carbocycles. The first-order valence-corrected chi connectivity index (χ1v) is 8.92.